The van der Waals surface area contributed by atoms with Crippen molar-refractivity contribution in [1.29, 1.82) is 0 Å². The molecule has 1 saturated carbocycles. The molecule has 1 aromatic heterocycles. The maximum absolute atomic E-state index is 13.1. The van der Waals surface area contributed by atoms with Gasteiger partial charge in [0, 0.05) is 5.56 Å². The predicted octanol–water partition coefficient (Wildman–Crippen LogP) is 2.82. The molecule has 3 nitrogen and oxygen atoms in total. The molecule has 0 saturated heterocycles. The highest BCUT2D eigenvalue weighted by Crippen LogP contribution is 2.38. The summed E-state index contributed by atoms with van der Waals surface area (Å²) in [5.41, 5.74) is 7.05. The molecular weight excluding hydrogens is 219 g/mol. The van der Waals surface area contributed by atoms with E-state index >= 15 is 0 Å². The van der Waals surface area contributed by atoms with Crippen LogP contribution >= 0.6 is 0 Å². The van der Waals surface area contributed by atoms with Crippen molar-refractivity contribution >= 4 is 0 Å². The van der Waals surface area contributed by atoms with E-state index in [1.54, 1.807) is 12.1 Å². The van der Waals surface area contributed by atoms with Gasteiger partial charge in [-0.2, -0.15) is 0 Å². The van der Waals surface area contributed by atoms with Crippen molar-refractivity contribution < 1.29 is 8.81 Å². The second kappa shape index (κ2) is 3.67. The summed E-state index contributed by atoms with van der Waals surface area (Å²) in [6, 6.07) is 6.29. The highest BCUT2D eigenvalue weighted by atomic mass is 19.1. The first-order valence-corrected chi connectivity index (χ1v) is 5.68. The van der Waals surface area contributed by atoms with E-state index in [2.05, 4.69) is 4.98 Å². The molecule has 0 aliphatic heterocycles. The lowest BCUT2D eigenvalue weighted by Crippen LogP contribution is -2.43. The SMILES string of the molecule is NC1(c2nc(-c3cccc(F)c3)co2)CCC1. The number of nitrogens with zero attached hydrogens (tertiary/aromatic N) is 1. The summed E-state index contributed by atoms with van der Waals surface area (Å²) in [4.78, 5) is 4.36. The standard InChI is InChI=1S/C13H13FN2O/c14-10-4-1-3-9(7-10)11-8-17-12(16-11)13(15)5-2-6-13/h1,3-4,7-8H,2,5-6,15H2. The first-order chi connectivity index (χ1) is 8.17. The third-order valence-corrected chi connectivity index (χ3v) is 3.30. The summed E-state index contributed by atoms with van der Waals surface area (Å²) in [5.74, 6) is 0.279. The molecular formula is C13H13FN2O. The van der Waals surface area contributed by atoms with Crippen LogP contribution in [0.3, 0.4) is 0 Å². The van der Waals surface area contributed by atoms with E-state index in [1.165, 1.54) is 18.4 Å². The zero-order valence-electron chi connectivity index (χ0n) is 9.32. The molecule has 1 aliphatic rings. The van der Waals surface area contributed by atoms with Crippen LogP contribution in [-0.4, -0.2) is 4.98 Å². The summed E-state index contributed by atoms with van der Waals surface area (Å²) >= 11 is 0. The van der Waals surface area contributed by atoms with E-state index < -0.39 is 5.54 Å². The molecule has 1 fully saturated rings. The van der Waals surface area contributed by atoms with Crippen LogP contribution in [0.2, 0.25) is 0 Å². The number of benzene rings is 1. The van der Waals surface area contributed by atoms with E-state index in [1.807, 2.05) is 0 Å². The molecule has 3 rings (SSSR count). The average molecular weight is 232 g/mol. The van der Waals surface area contributed by atoms with E-state index in [0.29, 0.717) is 17.1 Å². The topological polar surface area (TPSA) is 52.0 Å². The predicted molar refractivity (Wildman–Crippen MR) is 61.6 cm³/mol. The number of aromatic nitrogens is 1. The second-order valence-corrected chi connectivity index (χ2v) is 4.56. The van der Waals surface area contributed by atoms with E-state index in [-0.39, 0.29) is 5.82 Å². The molecule has 2 aromatic rings. The van der Waals surface area contributed by atoms with Crippen molar-refractivity contribution in [1.82, 2.24) is 4.98 Å². The lowest BCUT2D eigenvalue weighted by atomic mass is 9.78. The van der Waals surface area contributed by atoms with Crippen molar-refractivity contribution in [3.8, 4) is 11.3 Å². The van der Waals surface area contributed by atoms with Crippen LogP contribution < -0.4 is 5.73 Å². The Morgan fingerprint density at radius 1 is 1.35 bits per heavy atom. The number of hydrogen-bond donors (Lipinski definition) is 1. The Hall–Kier alpha value is -1.68. The molecule has 0 bridgehead atoms. The third kappa shape index (κ3) is 1.74. The summed E-state index contributed by atoms with van der Waals surface area (Å²) in [6.07, 6.45) is 4.44. The minimum absolute atomic E-state index is 0.279. The molecule has 1 aromatic carbocycles. The van der Waals surface area contributed by atoms with Gasteiger partial charge in [0.1, 0.15) is 17.8 Å². The van der Waals surface area contributed by atoms with Gasteiger partial charge in [0.2, 0.25) is 5.89 Å². The van der Waals surface area contributed by atoms with Crippen molar-refractivity contribution in [2.24, 2.45) is 5.73 Å². The monoisotopic (exact) mass is 232 g/mol. The second-order valence-electron chi connectivity index (χ2n) is 4.56. The van der Waals surface area contributed by atoms with E-state index in [0.717, 1.165) is 19.3 Å². The summed E-state index contributed by atoms with van der Waals surface area (Å²) < 4.78 is 18.5. The zero-order chi connectivity index (χ0) is 11.9. The van der Waals surface area contributed by atoms with Crippen LogP contribution in [0.1, 0.15) is 25.2 Å². The quantitative estimate of drug-likeness (QED) is 0.866. The van der Waals surface area contributed by atoms with Crippen molar-refractivity contribution in [2.45, 2.75) is 24.8 Å². The van der Waals surface area contributed by atoms with Crippen LogP contribution in [0.4, 0.5) is 4.39 Å². The van der Waals surface area contributed by atoms with Gasteiger partial charge >= 0.3 is 0 Å². The molecule has 0 spiro atoms. The van der Waals surface area contributed by atoms with Crippen LogP contribution in [0.5, 0.6) is 0 Å². The Labute approximate surface area is 98.5 Å². The first-order valence-electron chi connectivity index (χ1n) is 5.68. The van der Waals surface area contributed by atoms with Gasteiger partial charge in [0.25, 0.3) is 0 Å². The first kappa shape index (κ1) is 10.5. The van der Waals surface area contributed by atoms with E-state index in [4.69, 9.17) is 10.2 Å². The lowest BCUT2D eigenvalue weighted by molar-refractivity contribution is 0.199. The van der Waals surface area contributed by atoms with Gasteiger partial charge in [0.05, 0.1) is 5.54 Å². The minimum atomic E-state index is -0.411. The summed E-state index contributed by atoms with van der Waals surface area (Å²) in [6.45, 7) is 0. The smallest absolute Gasteiger partial charge is 0.214 e. The maximum Gasteiger partial charge on any atom is 0.214 e. The van der Waals surface area contributed by atoms with Gasteiger partial charge in [-0.1, -0.05) is 12.1 Å². The highest BCUT2D eigenvalue weighted by molar-refractivity contribution is 5.57. The van der Waals surface area contributed by atoms with Gasteiger partial charge in [-0.15, -0.1) is 0 Å². The number of hydrogen-bond acceptors (Lipinski definition) is 3. The fourth-order valence-corrected chi connectivity index (χ4v) is 2.05. The molecule has 17 heavy (non-hydrogen) atoms. The molecule has 1 heterocycles. The summed E-state index contributed by atoms with van der Waals surface area (Å²) in [7, 11) is 0. The summed E-state index contributed by atoms with van der Waals surface area (Å²) in [5, 5.41) is 0. The Kier molecular flexibility index (Phi) is 2.26. The largest absolute Gasteiger partial charge is 0.446 e. The minimum Gasteiger partial charge on any atom is -0.446 e. The fraction of sp³-hybridized carbons (Fsp3) is 0.308. The van der Waals surface area contributed by atoms with Gasteiger partial charge in [0.15, 0.2) is 0 Å². The van der Waals surface area contributed by atoms with Crippen LogP contribution in [0, 0.1) is 5.82 Å². The average Bonchev–Trinajstić information content (AvgIpc) is 2.75. The van der Waals surface area contributed by atoms with Crippen LogP contribution in [-0.2, 0) is 5.54 Å². The van der Waals surface area contributed by atoms with Gasteiger partial charge in [-0.05, 0) is 31.4 Å². The number of oxazole rings is 1. The molecule has 0 unspecified atom stereocenters. The van der Waals surface area contributed by atoms with E-state index in [9.17, 15) is 4.39 Å². The van der Waals surface area contributed by atoms with Crippen molar-refractivity contribution in [2.75, 3.05) is 0 Å². The number of halogens is 1. The number of nitrogens with two attached hydrogens (primary N) is 1. The normalized spacial score (nSPS) is 17.8. The number of rotatable bonds is 2. The molecule has 0 atom stereocenters. The molecule has 2 N–H and O–H groups in total. The van der Waals surface area contributed by atoms with Gasteiger partial charge in [-0.25, -0.2) is 9.37 Å². The molecule has 0 radical (unpaired) electrons. The Balaban J connectivity index is 1.95. The zero-order valence-corrected chi connectivity index (χ0v) is 9.32. The fourth-order valence-electron chi connectivity index (χ4n) is 2.05. The molecule has 1 aliphatic carbocycles. The van der Waals surface area contributed by atoms with Crippen LogP contribution in [0.25, 0.3) is 11.3 Å². The maximum atomic E-state index is 13.1. The van der Waals surface area contributed by atoms with Crippen molar-refractivity contribution in [3.05, 3.63) is 42.2 Å². The molecule has 0 amide bonds. The Morgan fingerprint density at radius 3 is 2.82 bits per heavy atom. The molecule has 4 heteroatoms. The van der Waals surface area contributed by atoms with Crippen LogP contribution in [0.15, 0.2) is 34.9 Å². The highest BCUT2D eigenvalue weighted by Gasteiger charge is 2.39. The Morgan fingerprint density at radius 2 is 2.18 bits per heavy atom. The third-order valence-electron chi connectivity index (χ3n) is 3.30. The van der Waals surface area contributed by atoms with Gasteiger partial charge in [-0.3, -0.25) is 0 Å². The lowest BCUT2D eigenvalue weighted by Gasteiger charge is -2.34. The Bertz CT molecular complexity index is 546. The van der Waals surface area contributed by atoms with Crippen molar-refractivity contribution in [3.63, 3.8) is 0 Å². The molecule has 88 valence electrons. The van der Waals surface area contributed by atoms with Gasteiger partial charge < -0.3 is 10.2 Å².